The van der Waals surface area contributed by atoms with E-state index < -0.39 is 11.6 Å². The molecule has 0 N–H and O–H groups in total. The van der Waals surface area contributed by atoms with E-state index in [2.05, 4.69) is 18.4 Å². The van der Waals surface area contributed by atoms with E-state index in [0.29, 0.717) is 13.2 Å². The summed E-state index contributed by atoms with van der Waals surface area (Å²) >= 11 is 0. The number of rotatable bonds is 5. The molecular weight excluding hydrogens is 252 g/mol. The fourth-order valence-electron chi connectivity index (χ4n) is 1.63. The van der Waals surface area contributed by atoms with Gasteiger partial charge < -0.3 is 9.47 Å². The number of hydrogen-bond donors (Lipinski definition) is 0. The van der Waals surface area contributed by atoms with Gasteiger partial charge in [-0.25, -0.2) is 4.79 Å². The van der Waals surface area contributed by atoms with Gasteiger partial charge in [0.25, 0.3) is 0 Å². The van der Waals surface area contributed by atoms with Gasteiger partial charge in [-0.15, -0.1) is 6.58 Å². The molecule has 106 valence electrons. The van der Waals surface area contributed by atoms with Crippen molar-refractivity contribution in [2.45, 2.75) is 26.4 Å². The molecule has 0 amide bonds. The molecular formula is C17H20O3. The second kappa shape index (κ2) is 7.52. The molecule has 1 aromatic rings. The minimum atomic E-state index is -0.866. The molecule has 0 heterocycles. The maximum absolute atomic E-state index is 11.4. The van der Waals surface area contributed by atoms with Crippen LogP contribution in [0.2, 0.25) is 0 Å². The predicted molar refractivity (Wildman–Crippen MR) is 79.1 cm³/mol. The fraction of sp³-hybridized carbons (Fsp3) is 0.353. The molecule has 0 saturated heterocycles. The van der Waals surface area contributed by atoms with Crippen LogP contribution in [0.15, 0.2) is 36.9 Å². The van der Waals surface area contributed by atoms with Crippen molar-refractivity contribution in [2.24, 2.45) is 0 Å². The van der Waals surface area contributed by atoms with E-state index >= 15 is 0 Å². The summed E-state index contributed by atoms with van der Waals surface area (Å²) in [4.78, 5) is 11.4. The zero-order valence-corrected chi connectivity index (χ0v) is 12.2. The Morgan fingerprint density at radius 3 is 2.60 bits per heavy atom. The van der Waals surface area contributed by atoms with E-state index in [1.165, 1.54) is 0 Å². The lowest BCUT2D eigenvalue weighted by molar-refractivity contribution is -0.136. The molecule has 20 heavy (non-hydrogen) atoms. The van der Waals surface area contributed by atoms with Crippen LogP contribution in [0.1, 0.15) is 25.0 Å². The van der Waals surface area contributed by atoms with Gasteiger partial charge in [0.15, 0.2) is 5.60 Å². The largest absolute Gasteiger partial charge is 0.456 e. The molecule has 0 radical (unpaired) electrons. The minimum Gasteiger partial charge on any atom is -0.456 e. The normalized spacial score (nSPS) is 12.8. The van der Waals surface area contributed by atoms with Gasteiger partial charge in [0.1, 0.15) is 0 Å². The lowest BCUT2D eigenvalue weighted by Gasteiger charge is -2.24. The van der Waals surface area contributed by atoms with Crippen molar-refractivity contribution in [1.82, 2.24) is 0 Å². The Bertz CT molecular complexity index is 519. The van der Waals surface area contributed by atoms with Gasteiger partial charge >= 0.3 is 5.97 Å². The summed E-state index contributed by atoms with van der Waals surface area (Å²) < 4.78 is 10.5. The van der Waals surface area contributed by atoms with Crippen LogP contribution in [-0.2, 0) is 19.9 Å². The van der Waals surface area contributed by atoms with Crippen LogP contribution in [0.4, 0.5) is 0 Å². The highest BCUT2D eigenvalue weighted by molar-refractivity contribution is 5.88. The lowest BCUT2D eigenvalue weighted by atomic mass is 9.95. The van der Waals surface area contributed by atoms with Crippen molar-refractivity contribution in [3.8, 4) is 11.8 Å². The Morgan fingerprint density at radius 1 is 1.40 bits per heavy atom. The summed E-state index contributed by atoms with van der Waals surface area (Å²) in [6.45, 7) is 9.87. The average Bonchev–Trinajstić information content (AvgIpc) is 2.44. The first-order valence-corrected chi connectivity index (χ1v) is 6.53. The molecule has 3 heteroatoms. The summed E-state index contributed by atoms with van der Waals surface area (Å²) in [6, 6.07) is 7.85. The Kier molecular flexibility index (Phi) is 6.02. The number of aryl methyl sites for hydroxylation is 1. The molecule has 1 aromatic carbocycles. The molecule has 1 rings (SSSR count). The monoisotopic (exact) mass is 272 g/mol. The van der Waals surface area contributed by atoms with E-state index in [9.17, 15) is 4.79 Å². The lowest BCUT2D eigenvalue weighted by Crippen LogP contribution is -2.24. The number of carbonyl (C=O) groups is 1. The number of esters is 1. The molecule has 0 bridgehead atoms. The average molecular weight is 272 g/mol. The summed E-state index contributed by atoms with van der Waals surface area (Å²) in [7, 11) is 0. The molecule has 0 aromatic heterocycles. The standard InChI is InChI=1S/C17H20O3/c1-5-13-20-17(4,12-11-16(18)19-6-2)15-9-7-14(3)8-10-15/h5,7-10H,1,6,13H2,2-4H3. The van der Waals surface area contributed by atoms with Crippen molar-refractivity contribution < 1.29 is 14.3 Å². The first-order valence-electron chi connectivity index (χ1n) is 6.53. The number of ether oxygens (including phenoxy) is 2. The van der Waals surface area contributed by atoms with Gasteiger partial charge in [0, 0.05) is 5.92 Å². The molecule has 0 spiro atoms. The number of carbonyl (C=O) groups excluding carboxylic acids is 1. The van der Waals surface area contributed by atoms with Crippen LogP contribution >= 0.6 is 0 Å². The van der Waals surface area contributed by atoms with Crippen LogP contribution in [0.5, 0.6) is 0 Å². The van der Waals surface area contributed by atoms with Gasteiger partial charge in [-0.2, -0.15) is 0 Å². The number of hydrogen-bond acceptors (Lipinski definition) is 3. The van der Waals surface area contributed by atoms with E-state index in [1.54, 1.807) is 13.0 Å². The SMILES string of the molecule is C=CCOC(C)(C#CC(=O)OCC)c1ccc(C)cc1. The van der Waals surface area contributed by atoms with Crippen molar-refractivity contribution >= 4 is 5.97 Å². The van der Waals surface area contributed by atoms with E-state index in [-0.39, 0.29) is 0 Å². The fourth-order valence-corrected chi connectivity index (χ4v) is 1.63. The minimum absolute atomic E-state index is 0.308. The molecule has 0 saturated carbocycles. The Hall–Kier alpha value is -2.05. The van der Waals surface area contributed by atoms with Crippen LogP contribution in [0.3, 0.4) is 0 Å². The van der Waals surface area contributed by atoms with Crippen LogP contribution < -0.4 is 0 Å². The zero-order valence-electron chi connectivity index (χ0n) is 12.2. The predicted octanol–water partition coefficient (Wildman–Crippen LogP) is 2.98. The maximum Gasteiger partial charge on any atom is 0.384 e. The third-order valence-corrected chi connectivity index (χ3v) is 2.77. The number of benzene rings is 1. The smallest absolute Gasteiger partial charge is 0.384 e. The molecule has 1 unspecified atom stereocenters. The quantitative estimate of drug-likeness (QED) is 0.358. The third-order valence-electron chi connectivity index (χ3n) is 2.77. The molecule has 0 aliphatic carbocycles. The Labute approximate surface area is 120 Å². The van der Waals surface area contributed by atoms with Gasteiger partial charge in [0.05, 0.1) is 13.2 Å². The van der Waals surface area contributed by atoms with Crippen molar-refractivity contribution in [3.63, 3.8) is 0 Å². The molecule has 0 aliphatic heterocycles. The summed E-state index contributed by atoms with van der Waals surface area (Å²) in [5, 5.41) is 0. The van der Waals surface area contributed by atoms with E-state index in [1.807, 2.05) is 38.1 Å². The summed E-state index contributed by atoms with van der Waals surface area (Å²) in [5.41, 5.74) is 1.18. The third kappa shape index (κ3) is 4.56. The molecule has 3 nitrogen and oxygen atoms in total. The first-order chi connectivity index (χ1) is 9.51. The first kappa shape index (κ1) is 16.0. The second-order valence-electron chi connectivity index (χ2n) is 4.47. The highest BCUT2D eigenvalue weighted by Crippen LogP contribution is 2.25. The van der Waals surface area contributed by atoms with Crippen molar-refractivity contribution in [2.75, 3.05) is 13.2 Å². The van der Waals surface area contributed by atoms with Crippen molar-refractivity contribution in [3.05, 3.63) is 48.0 Å². The second-order valence-corrected chi connectivity index (χ2v) is 4.47. The molecule has 1 atom stereocenters. The van der Waals surface area contributed by atoms with Gasteiger partial charge in [-0.05, 0) is 26.3 Å². The highest BCUT2D eigenvalue weighted by atomic mass is 16.5. The van der Waals surface area contributed by atoms with Gasteiger partial charge in [-0.1, -0.05) is 41.8 Å². The molecule has 0 aliphatic rings. The topological polar surface area (TPSA) is 35.5 Å². The van der Waals surface area contributed by atoms with Crippen LogP contribution in [0.25, 0.3) is 0 Å². The molecule has 0 fully saturated rings. The van der Waals surface area contributed by atoms with E-state index in [0.717, 1.165) is 11.1 Å². The van der Waals surface area contributed by atoms with Crippen LogP contribution in [-0.4, -0.2) is 19.2 Å². The highest BCUT2D eigenvalue weighted by Gasteiger charge is 2.25. The Balaban J connectivity index is 3.05. The van der Waals surface area contributed by atoms with Crippen molar-refractivity contribution in [1.29, 1.82) is 0 Å². The summed E-state index contributed by atoms with van der Waals surface area (Å²) in [6.07, 6.45) is 1.65. The Morgan fingerprint density at radius 2 is 2.05 bits per heavy atom. The zero-order chi connectivity index (χ0) is 15.0. The van der Waals surface area contributed by atoms with E-state index in [4.69, 9.17) is 9.47 Å². The van der Waals surface area contributed by atoms with Crippen LogP contribution in [0, 0.1) is 18.8 Å². The van der Waals surface area contributed by atoms with Gasteiger partial charge in [0.2, 0.25) is 0 Å². The van der Waals surface area contributed by atoms with Gasteiger partial charge in [-0.3, -0.25) is 0 Å². The maximum atomic E-state index is 11.4. The summed E-state index contributed by atoms with van der Waals surface area (Å²) in [5.74, 6) is 4.78.